The van der Waals surface area contributed by atoms with Crippen molar-refractivity contribution in [1.29, 1.82) is 0 Å². The van der Waals surface area contributed by atoms with Gasteiger partial charge in [-0.1, -0.05) is 35.9 Å². The van der Waals surface area contributed by atoms with Crippen molar-refractivity contribution in [2.24, 2.45) is 0 Å². The number of amides is 2. The van der Waals surface area contributed by atoms with Gasteiger partial charge in [0.05, 0.1) is 11.5 Å². The van der Waals surface area contributed by atoms with E-state index in [0.29, 0.717) is 11.4 Å². The van der Waals surface area contributed by atoms with Crippen molar-refractivity contribution in [3.8, 4) is 0 Å². The van der Waals surface area contributed by atoms with E-state index >= 15 is 0 Å². The van der Waals surface area contributed by atoms with Crippen LogP contribution in [-0.2, 0) is 32.6 Å². The number of nitrogens with one attached hydrogen (secondary N) is 2. The smallest absolute Gasteiger partial charge is 0.242 e. The minimum Gasteiger partial charge on any atom is -0.395 e. The maximum absolute atomic E-state index is 13.1. The Balaban J connectivity index is 1.66. The third kappa shape index (κ3) is 7.53. The molecule has 1 unspecified atom stereocenters. The van der Waals surface area contributed by atoms with Gasteiger partial charge in [0.15, 0.2) is 0 Å². The van der Waals surface area contributed by atoms with E-state index in [9.17, 15) is 18.0 Å². The van der Waals surface area contributed by atoms with Gasteiger partial charge in [-0.25, -0.2) is 13.1 Å². The summed E-state index contributed by atoms with van der Waals surface area (Å²) < 4.78 is 27.3. The maximum atomic E-state index is 13.1. The molecular weight excluding hydrogens is 478 g/mol. The molecule has 0 radical (unpaired) electrons. The molecule has 1 saturated carbocycles. The summed E-state index contributed by atoms with van der Waals surface area (Å²) >= 11 is 5.96. The number of aryl methyl sites for hydroxylation is 1. The third-order valence-electron chi connectivity index (χ3n) is 5.60. The summed E-state index contributed by atoms with van der Waals surface area (Å²) in [5.74, 6) is -0.567. The molecule has 0 spiro atoms. The van der Waals surface area contributed by atoms with Gasteiger partial charge in [-0.05, 0) is 61.6 Å². The minimum atomic E-state index is -3.52. The number of sulfonamides is 1. The number of benzene rings is 2. The van der Waals surface area contributed by atoms with Crippen LogP contribution >= 0.6 is 11.6 Å². The lowest BCUT2D eigenvalue weighted by molar-refractivity contribution is -0.140. The Hall–Kier alpha value is -2.46. The predicted octanol–water partition coefficient (Wildman–Crippen LogP) is 2.24. The lowest BCUT2D eigenvalue weighted by Crippen LogP contribution is -2.48. The zero-order chi connectivity index (χ0) is 24.7. The molecule has 2 aromatic rings. The molecule has 3 rings (SSSR count). The van der Waals surface area contributed by atoms with Gasteiger partial charge in [0, 0.05) is 30.6 Å². The summed E-state index contributed by atoms with van der Waals surface area (Å²) in [7, 11) is -3.52. The standard InChI is InChI=1S/C24H30ClN3O5S/c1-17(24(31)26-14-15-29)28(16-19-2-7-20(25)8-3-19)23(30)13-6-18-4-11-22(12-5-18)34(32,33)27-21-9-10-21/h2-5,7-8,11-12,17,21,27,29H,6,9-10,13-16H2,1H3,(H,26,31). The zero-order valence-corrected chi connectivity index (χ0v) is 20.6. The summed E-state index contributed by atoms with van der Waals surface area (Å²) in [6.07, 6.45) is 2.28. The van der Waals surface area contributed by atoms with Crippen LogP contribution in [0.5, 0.6) is 0 Å². The van der Waals surface area contributed by atoms with Gasteiger partial charge in [0.25, 0.3) is 0 Å². The largest absolute Gasteiger partial charge is 0.395 e. The molecule has 0 bridgehead atoms. The van der Waals surface area contributed by atoms with Crippen LogP contribution in [0.2, 0.25) is 5.02 Å². The Morgan fingerprint density at radius 2 is 1.71 bits per heavy atom. The first kappa shape index (κ1) is 26.2. The van der Waals surface area contributed by atoms with Crippen molar-refractivity contribution in [2.75, 3.05) is 13.2 Å². The topological polar surface area (TPSA) is 116 Å². The monoisotopic (exact) mass is 507 g/mol. The number of nitrogens with zero attached hydrogens (tertiary/aromatic N) is 1. The molecule has 0 heterocycles. The van der Waals surface area contributed by atoms with E-state index in [2.05, 4.69) is 10.0 Å². The average molecular weight is 508 g/mol. The Morgan fingerprint density at radius 1 is 1.09 bits per heavy atom. The molecule has 10 heteroatoms. The van der Waals surface area contributed by atoms with Crippen LogP contribution in [0.3, 0.4) is 0 Å². The Bertz CT molecular complexity index is 1090. The van der Waals surface area contributed by atoms with Gasteiger partial charge in [0.2, 0.25) is 21.8 Å². The van der Waals surface area contributed by atoms with Crippen LogP contribution in [0.4, 0.5) is 0 Å². The highest BCUT2D eigenvalue weighted by Crippen LogP contribution is 2.22. The lowest BCUT2D eigenvalue weighted by atomic mass is 10.1. The van der Waals surface area contributed by atoms with Crippen LogP contribution in [-0.4, -0.2) is 55.5 Å². The molecule has 1 atom stereocenters. The van der Waals surface area contributed by atoms with Crippen molar-refractivity contribution < 1.29 is 23.1 Å². The van der Waals surface area contributed by atoms with Gasteiger partial charge in [-0.15, -0.1) is 0 Å². The molecule has 2 aromatic carbocycles. The SMILES string of the molecule is CC(C(=O)NCCO)N(Cc1ccc(Cl)cc1)C(=O)CCc1ccc(S(=O)(=O)NC2CC2)cc1. The van der Waals surface area contributed by atoms with Gasteiger partial charge < -0.3 is 15.3 Å². The second-order valence-corrected chi connectivity index (χ2v) is 10.5. The second-order valence-electron chi connectivity index (χ2n) is 8.38. The fourth-order valence-corrected chi connectivity index (χ4v) is 4.85. The van der Waals surface area contributed by atoms with Gasteiger partial charge in [-0.3, -0.25) is 9.59 Å². The quantitative estimate of drug-likeness (QED) is 0.407. The average Bonchev–Trinajstić information content (AvgIpc) is 3.63. The van der Waals surface area contributed by atoms with Crippen molar-refractivity contribution in [1.82, 2.24) is 14.9 Å². The van der Waals surface area contributed by atoms with Crippen LogP contribution in [0.1, 0.15) is 37.3 Å². The number of rotatable bonds is 12. The van der Waals surface area contributed by atoms with Crippen LogP contribution in [0, 0.1) is 0 Å². The highest BCUT2D eigenvalue weighted by Gasteiger charge is 2.28. The summed E-state index contributed by atoms with van der Waals surface area (Å²) in [6.45, 7) is 1.79. The molecule has 0 aliphatic heterocycles. The summed E-state index contributed by atoms with van der Waals surface area (Å²) in [5.41, 5.74) is 1.65. The number of carbonyl (C=O) groups is 2. The molecule has 1 fully saturated rings. The first-order chi connectivity index (χ1) is 16.2. The third-order valence-corrected chi connectivity index (χ3v) is 7.39. The van der Waals surface area contributed by atoms with E-state index in [-0.39, 0.29) is 48.9 Å². The zero-order valence-electron chi connectivity index (χ0n) is 19.0. The van der Waals surface area contributed by atoms with Crippen LogP contribution < -0.4 is 10.0 Å². The normalized spacial score (nSPS) is 14.4. The van der Waals surface area contributed by atoms with E-state index in [1.54, 1.807) is 55.5 Å². The Labute approximate surface area is 205 Å². The van der Waals surface area contributed by atoms with E-state index < -0.39 is 16.1 Å². The fraction of sp³-hybridized carbons (Fsp3) is 0.417. The van der Waals surface area contributed by atoms with Gasteiger partial charge in [-0.2, -0.15) is 0 Å². The number of aliphatic hydroxyl groups is 1. The molecule has 0 aromatic heterocycles. The number of hydrogen-bond acceptors (Lipinski definition) is 5. The van der Waals surface area contributed by atoms with Crippen molar-refractivity contribution in [2.45, 2.75) is 56.1 Å². The number of aliphatic hydroxyl groups excluding tert-OH is 1. The van der Waals surface area contributed by atoms with Crippen molar-refractivity contribution in [3.63, 3.8) is 0 Å². The lowest BCUT2D eigenvalue weighted by Gasteiger charge is -2.29. The molecule has 1 aliphatic carbocycles. The van der Waals surface area contributed by atoms with E-state index in [1.165, 1.54) is 4.90 Å². The molecule has 34 heavy (non-hydrogen) atoms. The van der Waals surface area contributed by atoms with Gasteiger partial charge >= 0.3 is 0 Å². The molecule has 3 N–H and O–H groups in total. The molecular formula is C24H30ClN3O5S. The Morgan fingerprint density at radius 3 is 2.29 bits per heavy atom. The minimum absolute atomic E-state index is 0.0329. The van der Waals surface area contributed by atoms with Crippen molar-refractivity contribution in [3.05, 3.63) is 64.7 Å². The van der Waals surface area contributed by atoms with Crippen LogP contribution in [0.15, 0.2) is 53.4 Å². The highest BCUT2D eigenvalue weighted by atomic mass is 35.5. The summed E-state index contributed by atoms with van der Waals surface area (Å²) in [5, 5.41) is 12.2. The van der Waals surface area contributed by atoms with E-state index in [1.807, 2.05) is 0 Å². The number of hydrogen-bond donors (Lipinski definition) is 3. The highest BCUT2D eigenvalue weighted by molar-refractivity contribution is 7.89. The molecule has 2 amide bonds. The molecule has 184 valence electrons. The predicted molar refractivity (Wildman–Crippen MR) is 130 cm³/mol. The van der Waals surface area contributed by atoms with Crippen molar-refractivity contribution >= 4 is 33.4 Å². The Kier molecular flexibility index (Phi) is 9.07. The number of halogens is 1. The number of carbonyl (C=O) groups excluding carboxylic acids is 2. The first-order valence-corrected chi connectivity index (χ1v) is 13.1. The summed E-state index contributed by atoms with van der Waals surface area (Å²) in [4.78, 5) is 27.3. The van der Waals surface area contributed by atoms with E-state index in [4.69, 9.17) is 16.7 Å². The fourth-order valence-electron chi connectivity index (χ4n) is 3.41. The first-order valence-electron chi connectivity index (χ1n) is 11.2. The summed E-state index contributed by atoms with van der Waals surface area (Å²) in [6, 6.07) is 12.8. The van der Waals surface area contributed by atoms with Crippen LogP contribution in [0.25, 0.3) is 0 Å². The molecule has 0 saturated heterocycles. The van der Waals surface area contributed by atoms with E-state index in [0.717, 1.165) is 24.0 Å². The van der Waals surface area contributed by atoms with Gasteiger partial charge in [0.1, 0.15) is 6.04 Å². The second kappa shape index (κ2) is 11.8. The molecule has 8 nitrogen and oxygen atoms in total. The molecule has 1 aliphatic rings. The maximum Gasteiger partial charge on any atom is 0.242 e.